The number of carbonyl (C=O) groups excluding carboxylic acids is 3. The average Bonchev–Trinajstić information content (AvgIpc) is 3.36. The predicted octanol–water partition coefficient (Wildman–Crippen LogP) is 4.27. The summed E-state index contributed by atoms with van der Waals surface area (Å²) in [5.41, 5.74) is 5.36. The Morgan fingerprint density at radius 1 is 1.00 bits per heavy atom. The third kappa shape index (κ3) is 5.66. The minimum Gasteiger partial charge on any atom is -0.382 e. The van der Waals surface area contributed by atoms with E-state index in [1.165, 1.54) is 0 Å². The number of hydrogen-bond donors (Lipinski definition) is 3. The van der Waals surface area contributed by atoms with Crippen molar-refractivity contribution in [3.8, 4) is 0 Å². The highest BCUT2D eigenvalue weighted by atomic mass is 35.5. The van der Waals surface area contributed by atoms with Crippen molar-refractivity contribution in [3.05, 3.63) is 58.9 Å². The zero-order chi connectivity index (χ0) is 31.2. The Balaban J connectivity index is 1.02. The molecule has 0 saturated carbocycles. The predicted molar refractivity (Wildman–Crippen MR) is 173 cm³/mol. The number of hydrogen-bond acceptors (Lipinski definition) is 9. The van der Waals surface area contributed by atoms with E-state index in [2.05, 4.69) is 37.0 Å². The molecule has 232 valence electrons. The van der Waals surface area contributed by atoms with E-state index in [0.717, 1.165) is 65.9 Å². The number of imide groups is 1. The summed E-state index contributed by atoms with van der Waals surface area (Å²) in [6.07, 6.45) is 5.65. The van der Waals surface area contributed by atoms with Crippen LogP contribution in [0.15, 0.2) is 42.6 Å². The third-order valence-corrected chi connectivity index (χ3v) is 9.26. The standard InChI is InChI=1S/C32H34ClN9O3/c1-40-25-9-6-20(14-18(25)15-28(40)44)36-30-24(33)17-34-32(38-30)42-12-3-4-19(11-13-42)35-21-5-7-22-26(16-21)41(2)39-29(22)23-8-10-27(43)37-31(23)45/h5-7,9,14,16-17,19,23,35H,3-4,8,10-13,15H2,1-2H3,(H,34,36,38)(H,37,43,45). The number of likely N-dealkylation sites (N-methyl/N-ethyl adjacent to an activating group) is 1. The minimum absolute atomic E-state index is 0.0786. The number of nitrogens with one attached hydrogen (secondary N) is 3. The molecule has 3 amide bonds. The molecule has 0 spiro atoms. The van der Waals surface area contributed by atoms with E-state index >= 15 is 0 Å². The number of piperidine rings is 1. The minimum atomic E-state index is -0.426. The van der Waals surface area contributed by atoms with Gasteiger partial charge in [-0.25, -0.2) is 4.98 Å². The summed E-state index contributed by atoms with van der Waals surface area (Å²) in [4.78, 5) is 49.4. The van der Waals surface area contributed by atoms with E-state index in [1.54, 1.807) is 22.8 Å². The largest absolute Gasteiger partial charge is 0.382 e. The van der Waals surface area contributed by atoms with Gasteiger partial charge in [0.15, 0.2) is 5.82 Å². The van der Waals surface area contributed by atoms with Crippen LogP contribution < -0.4 is 25.8 Å². The molecular formula is C32H34ClN9O3. The van der Waals surface area contributed by atoms with Crippen LogP contribution in [0.5, 0.6) is 0 Å². The molecule has 0 aliphatic carbocycles. The number of carbonyl (C=O) groups is 3. The van der Waals surface area contributed by atoms with Gasteiger partial charge in [0, 0.05) is 62.1 Å². The Labute approximate surface area is 265 Å². The molecule has 45 heavy (non-hydrogen) atoms. The quantitative estimate of drug-likeness (QED) is 0.268. The van der Waals surface area contributed by atoms with E-state index in [9.17, 15) is 14.4 Å². The monoisotopic (exact) mass is 627 g/mol. The average molecular weight is 628 g/mol. The smallest absolute Gasteiger partial charge is 0.235 e. The summed E-state index contributed by atoms with van der Waals surface area (Å²) in [7, 11) is 3.67. The van der Waals surface area contributed by atoms with Crippen LogP contribution in [0.4, 0.5) is 28.8 Å². The maximum absolute atomic E-state index is 12.5. The lowest BCUT2D eigenvalue weighted by Gasteiger charge is -2.22. The first-order valence-corrected chi connectivity index (χ1v) is 15.6. The van der Waals surface area contributed by atoms with Gasteiger partial charge >= 0.3 is 0 Å². The van der Waals surface area contributed by atoms with Gasteiger partial charge in [0.2, 0.25) is 23.7 Å². The zero-order valence-electron chi connectivity index (χ0n) is 25.1. The number of rotatable bonds is 6. The molecule has 7 rings (SSSR count). The number of amides is 3. The number of anilines is 5. The molecule has 2 fully saturated rings. The second-order valence-electron chi connectivity index (χ2n) is 12.0. The van der Waals surface area contributed by atoms with E-state index in [1.807, 2.05) is 37.4 Å². The van der Waals surface area contributed by atoms with E-state index < -0.39 is 5.92 Å². The van der Waals surface area contributed by atoms with Crippen molar-refractivity contribution in [3.63, 3.8) is 0 Å². The van der Waals surface area contributed by atoms with Gasteiger partial charge in [-0.05, 0) is 67.6 Å². The van der Waals surface area contributed by atoms with Gasteiger partial charge in [-0.15, -0.1) is 0 Å². The van der Waals surface area contributed by atoms with Crippen LogP contribution in [0, 0.1) is 0 Å². The Morgan fingerprint density at radius 2 is 1.84 bits per heavy atom. The van der Waals surface area contributed by atoms with Crippen LogP contribution in [0.2, 0.25) is 5.02 Å². The highest BCUT2D eigenvalue weighted by Crippen LogP contribution is 2.34. The van der Waals surface area contributed by atoms with Gasteiger partial charge in [0.25, 0.3) is 0 Å². The number of fused-ring (bicyclic) bond motifs is 2. The van der Waals surface area contributed by atoms with Crippen LogP contribution in [-0.4, -0.2) is 63.6 Å². The molecule has 2 aromatic heterocycles. The zero-order valence-corrected chi connectivity index (χ0v) is 25.9. The number of halogens is 1. The number of nitrogens with zero attached hydrogens (tertiary/aromatic N) is 6. The maximum atomic E-state index is 12.5. The van der Waals surface area contributed by atoms with Gasteiger partial charge in [-0.3, -0.25) is 24.4 Å². The van der Waals surface area contributed by atoms with E-state index in [0.29, 0.717) is 41.7 Å². The Bertz CT molecular complexity index is 1840. The van der Waals surface area contributed by atoms with Gasteiger partial charge in [-0.2, -0.15) is 10.1 Å². The van der Waals surface area contributed by atoms with Crippen LogP contribution in [-0.2, 0) is 27.9 Å². The normalized spacial score (nSPS) is 20.3. The fourth-order valence-electron chi connectivity index (χ4n) is 6.55. The molecule has 13 heteroatoms. The van der Waals surface area contributed by atoms with E-state index in [-0.39, 0.29) is 23.8 Å². The van der Waals surface area contributed by atoms with Crippen LogP contribution in [0.1, 0.15) is 49.3 Å². The SMILES string of the molecule is CN1C(=O)Cc2cc(Nc3nc(N4CCCC(Nc5ccc6c(C7CCC(=O)NC7=O)nn(C)c6c5)CC4)ncc3Cl)ccc21. The molecule has 2 aromatic carbocycles. The molecule has 3 aliphatic heterocycles. The summed E-state index contributed by atoms with van der Waals surface area (Å²) in [5, 5.41) is 15.5. The lowest BCUT2D eigenvalue weighted by molar-refractivity contribution is -0.134. The summed E-state index contributed by atoms with van der Waals surface area (Å²) >= 11 is 6.49. The summed E-state index contributed by atoms with van der Waals surface area (Å²) in [5.74, 6) is 0.292. The summed E-state index contributed by atoms with van der Waals surface area (Å²) < 4.78 is 1.80. The number of aromatic nitrogens is 4. The van der Waals surface area contributed by atoms with Crippen molar-refractivity contribution < 1.29 is 14.4 Å². The third-order valence-electron chi connectivity index (χ3n) is 8.98. The Morgan fingerprint density at radius 3 is 2.69 bits per heavy atom. The van der Waals surface area contributed by atoms with Crippen molar-refractivity contribution in [1.82, 2.24) is 25.1 Å². The molecule has 3 N–H and O–H groups in total. The fraction of sp³-hybridized carbons (Fsp3) is 0.375. The van der Waals surface area contributed by atoms with Gasteiger partial charge < -0.3 is 20.4 Å². The number of aryl methyl sites for hydroxylation is 1. The highest BCUT2D eigenvalue weighted by molar-refractivity contribution is 6.32. The first kappa shape index (κ1) is 29.0. The molecule has 5 heterocycles. The van der Waals surface area contributed by atoms with Crippen molar-refractivity contribution >= 4 is 69.1 Å². The molecule has 0 radical (unpaired) electrons. The molecule has 3 aliphatic rings. The topological polar surface area (TPSA) is 137 Å². The van der Waals surface area contributed by atoms with Crippen molar-refractivity contribution in [2.75, 3.05) is 40.6 Å². The molecule has 0 bridgehead atoms. The Hall–Kier alpha value is -4.71. The van der Waals surface area contributed by atoms with Crippen molar-refractivity contribution in [2.45, 2.75) is 50.5 Å². The Kier molecular flexibility index (Phi) is 7.52. The van der Waals surface area contributed by atoms with Crippen LogP contribution in [0.25, 0.3) is 10.9 Å². The fourth-order valence-corrected chi connectivity index (χ4v) is 6.68. The maximum Gasteiger partial charge on any atom is 0.235 e. The van der Waals surface area contributed by atoms with Gasteiger partial charge in [-0.1, -0.05) is 11.6 Å². The molecule has 2 saturated heterocycles. The van der Waals surface area contributed by atoms with Crippen LogP contribution in [0.3, 0.4) is 0 Å². The first-order chi connectivity index (χ1) is 21.7. The van der Waals surface area contributed by atoms with Crippen molar-refractivity contribution in [1.29, 1.82) is 0 Å². The first-order valence-electron chi connectivity index (χ1n) is 15.2. The molecule has 2 atom stereocenters. The highest BCUT2D eigenvalue weighted by Gasteiger charge is 2.32. The van der Waals surface area contributed by atoms with Gasteiger partial charge in [0.1, 0.15) is 5.02 Å². The lowest BCUT2D eigenvalue weighted by Crippen LogP contribution is -2.39. The second-order valence-corrected chi connectivity index (χ2v) is 12.4. The second kappa shape index (κ2) is 11.7. The molecule has 4 aromatic rings. The van der Waals surface area contributed by atoms with Crippen molar-refractivity contribution in [2.24, 2.45) is 7.05 Å². The molecular weight excluding hydrogens is 594 g/mol. The summed E-state index contributed by atoms with van der Waals surface area (Å²) in [6.45, 7) is 1.60. The molecule has 12 nitrogen and oxygen atoms in total. The van der Waals surface area contributed by atoms with E-state index in [4.69, 9.17) is 16.6 Å². The van der Waals surface area contributed by atoms with Crippen LogP contribution >= 0.6 is 11.6 Å². The molecule has 2 unspecified atom stereocenters. The van der Waals surface area contributed by atoms with Gasteiger partial charge in [0.05, 0.1) is 29.7 Å². The lowest BCUT2D eigenvalue weighted by atomic mass is 9.93. The summed E-state index contributed by atoms with van der Waals surface area (Å²) in [6, 6.07) is 12.2. The number of benzene rings is 2.